The van der Waals surface area contributed by atoms with Crippen molar-refractivity contribution in [2.75, 3.05) is 26.9 Å². The quantitative estimate of drug-likeness (QED) is 0.778. The standard InChI is InChI=1S/C13H15F2NO3/c1-18-13(17)11-8-19-6-5-16(11)7-9-3-2-4-10(14)12(9)15/h2-4,11H,5-8H2,1H3. The van der Waals surface area contributed by atoms with Crippen LogP contribution in [0.15, 0.2) is 18.2 Å². The first-order valence-corrected chi connectivity index (χ1v) is 5.96. The Bertz CT molecular complexity index is 467. The number of morpholine rings is 1. The summed E-state index contributed by atoms with van der Waals surface area (Å²) in [4.78, 5) is 13.3. The zero-order valence-electron chi connectivity index (χ0n) is 10.6. The summed E-state index contributed by atoms with van der Waals surface area (Å²) in [7, 11) is 1.29. The zero-order valence-corrected chi connectivity index (χ0v) is 10.6. The molecule has 0 saturated carbocycles. The highest BCUT2D eigenvalue weighted by molar-refractivity contribution is 5.75. The number of carbonyl (C=O) groups excluding carboxylic acids is 1. The minimum absolute atomic E-state index is 0.146. The molecule has 0 aromatic heterocycles. The largest absolute Gasteiger partial charge is 0.468 e. The van der Waals surface area contributed by atoms with Crippen LogP contribution in [0.3, 0.4) is 0 Å². The summed E-state index contributed by atoms with van der Waals surface area (Å²) < 4.78 is 36.7. The van der Waals surface area contributed by atoms with E-state index in [1.54, 1.807) is 4.90 Å². The van der Waals surface area contributed by atoms with E-state index in [1.807, 2.05) is 0 Å². The lowest BCUT2D eigenvalue weighted by atomic mass is 10.1. The first-order valence-electron chi connectivity index (χ1n) is 5.96. The van der Waals surface area contributed by atoms with Crippen molar-refractivity contribution in [3.05, 3.63) is 35.4 Å². The van der Waals surface area contributed by atoms with E-state index in [2.05, 4.69) is 4.74 Å². The van der Waals surface area contributed by atoms with Gasteiger partial charge < -0.3 is 9.47 Å². The van der Waals surface area contributed by atoms with E-state index >= 15 is 0 Å². The van der Waals surface area contributed by atoms with E-state index in [1.165, 1.54) is 19.2 Å². The third-order valence-corrected chi connectivity index (χ3v) is 3.12. The Kier molecular flexibility index (Phi) is 4.44. The molecule has 2 rings (SSSR count). The predicted molar refractivity (Wildman–Crippen MR) is 63.4 cm³/mol. The summed E-state index contributed by atoms with van der Waals surface area (Å²) in [5.74, 6) is -2.20. The number of esters is 1. The molecule has 1 heterocycles. The fourth-order valence-corrected chi connectivity index (χ4v) is 2.07. The molecule has 0 radical (unpaired) electrons. The Hall–Kier alpha value is -1.53. The number of methoxy groups -OCH3 is 1. The molecule has 19 heavy (non-hydrogen) atoms. The van der Waals surface area contributed by atoms with Crippen LogP contribution in [0.25, 0.3) is 0 Å². The van der Waals surface area contributed by atoms with Crippen molar-refractivity contribution in [3.63, 3.8) is 0 Å². The van der Waals surface area contributed by atoms with E-state index in [4.69, 9.17) is 4.74 Å². The molecule has 1 aromatic carbocycles. The lowest BCUT2D eigenvalue weighted by Gasteiger charge is -2.33. The van der Waals surface area contributed by atoms with E-state index in [0.29, 0.717) is 13.2 Å². The van der Waals surface area contributed by atoms with Gasteiger partial charge in [-0.3, -0.25) is 9.69 Å². The van der Waals surface area contributed by atoms with Gasteiger partial charge in [0.05, 0.1) is 20.3 Å². The molecule has 0 bridgehead atoms. The lowest BCUT2D eigenvalue weighted by molar-refractivity contribution is -0.153. The van der Waals surface area contributed by atoms with E-state index < -0.39 is 23.6 Å². The van der Waals surface area contributed by atoms with Crippen LogP contribution in [-0.2, 0) is 20.8 Å². The Morgan fingerprint density at radius 1 is 1.53 bits per heavy atom. The molecule has 0 N–H and O–H groups in total. The van der Waals surface area contributed by atoms with Gasteiger partial charge >= 0.3 is 5.97 Å². The first-order chi connectivity index (χ1) is 9.13. The minimum Gasteiger partial charge on any atom is -0.468 e. The molecule has 1 unspecified atom stereocenters. The lowest BCUT2D eigenvalue weighted by Crippen LogP contribution is -2.49. The second-order valence-corrected chi connectivity index (χ2v) is 4.30. The summed E-state index contributed by atoms with van der Waals surface area (Å²) in [5.41, 5.74) is 0.218. The number of benzene rings is 1. The number of carbonyl (C=O) groups is 1. The monoisotopic (exact) mass is 271 g/mol. The SMILES string of the molecule is COC(=O)C1COCCN1Cc1cccc(F)c1F. The Labute approximate surface area is 109 Å². The fraction of sp³-hybridized carbons (Fsp3) is 0.462. The van der Waals surface area contributed by atoms with Gasteiger partial charge in [-0.15, -0.1) is 0 Å². The molecule has 4 nitrogen and oxygen atoms in total. The molecule has 1 aliphatic rings. The highest BCUT2D eigenvalue weighted by atomic mass is 19.2. The molecular formula is C13H15F2NO3. The highest BCUT2D eigenvalue weighted by Gasteiger charge is 2.30. The Balaban J connectivity index is 2.15. The second-order valence-electron chi connectivity index (χ2n) is 4.30. The van der Waals surface area contributed by atoms with Crippen LogP contribution in [0, 0.1) is 11.6 Å². The summed E-state index contributed by atoms with van der Waals surface area (Å²) >= 11 is 0. The molecular weight excluding hydrogens is 256 g/mol. The van der Waals surface area contributed by atoms with Crippen LogP contribution in [0.5, 0.6) is 0 Å². The topological polar surface area (TPSA) is 38.8 Å². The second kappa shape index (κ2) is 6.08. The van der Waals surface area contributed by atoms with Crippen molar-refractivity contribution in [2.45, 2.75) is 12.6 Å². The van der Waals surface area contributed by atoms with Gasteiger partial charge in [0.1, 0.15) is 6.04 Å². The van der Waals surface area contributed by atoms with Crippen molar-refractivity contribution in [1.29, 1.82) is 0 Å². The molecule has 1 aromatic rings. The van der Waals surface area contributed by atoms with Crippen molar-refractivity contribution in [1.82, 2.24) is 4.90 Å². The Morgan fingerprint density at radius 3 is 3.05 bits per heavy atom. The normalized spacial score (nSPS) is 20.3. The number of hydrogen-bond acceptors (Lipinski definition) is 4. The number of hydrogen-bond donors (Lipinski definition) is 0. The molecule has 0 spiro atoms. The average molecular weight is 271 g/mol. The third kappa shape index (κ3) is 3.08. The van der Waals surface area contributed by atoms with E-state index in [-0.39, 0.29) is 18.7 Å². The summed E-state index contributed by atoms with van der Waals surface area (Å²) in [6.07, 6.45) is 0. The van der Waals surface area contributed by atoms with Crippen molar-refractivity contribution in [3.8, 4) is 0 Å². The molecule has 104 valence electrons. The number of rotatable bonds is 3. The molecule has 1 aliphatic heterocycles. The van der Waals surface area contributed by atoms with E-state index in [0.717, 1.165) is 6.07 Å². The van der Waals surface area contributed by atoms with Crippen LogP contribution in [0.2, 0.25) is 0 Å². The maximum Gasteiger partial charge on any atom is 0.325 e. The predicted octanol–water partition coefficient (Wildman–Crippen LogP) is 1.34. The van der Waals surface area contributed by atoms with Gasteiger partial charge in [-0.25, -0.2) is 8.78 Å². The maximum absolute atomic E-state index is 13.6. The van der Waals surface area contributed by atoms with Gasteiger partial charge in [-0.2, -0.15) is 0 Å². The van der Waals surface area contributed by atoms with Crippen LogP contribution in [0.1, 0.15) is 5.56 Å². The van der Waals surface area contributed by atoms with Crippen LogP contribution in [-0.4, -0.2) is 43.8 Å². The third-order valence-electron chi connectivity index (χ3n) is 3.12. The van der Waals surface area contributed by atoms with E-state index in [9.17, 15) is 13.6 Å². The van der Waals surface area contributed by atoms with Gasteiger partial charge in [0, 0.05) is 18.7 Å². The number of halogens is 2. The molecule has 6 heteroatoms. The van der Waals surface area contributed by atoms with Crippen molar-refractivity contribution < 1.29 is 23.0 Å². The number of nitrogens with zero attached hydrogens (tertiary/aromatic N) is 1. The molecule has 1 atom stereocenters. The van der Waals surface area contributed by atoms with Gasteiger partial charge in [0.2, 0.25) is 0 Å². The highest BCUT2D eigenvalue weighted by Crippen LogP contribution is 2.17. The fourth-order valence-electron chi connectivity index (χ4n) is 2.07. The maximum atomic E-state index is 13.6. The zero-order chi connectivity index (χ0) is 13.8. The molecule has 0 amide bonds. The first kappa shape index (κ1) is 13.9. The van der Waals surface area contributed by atoms with Gasteiger partial charge in [-0.1, -0.05) is 12.1 Å². The summed E-state index contributed by atoms with van der Waals surface area (Å²) in [5, 5.41) is 0. The van der Waals surface area contributed by atoms with Crippen LogP contribution < -0.4 is 0 Å². The molecule has 1 fully saturated rings. The van der Waals surface area contributed by atoms with Crippen LogP contribution >= 0.6 is 0 Å². The Morgan fingerprint density at radius 2 is 2.32 bits per heavy atom. The van der Waals surface area contributed by atoms with Crippen molar-refractivity contribution >= 4 is 5.97 Å². The summed E-state index contributed by atoms with van der Waals surface area (Å²) in [6, 6.07) is 3.43. The average Bonchev–Trinajstić information content (AvgIpc) is 2.43. The number of ether oxygens (including phenoxy) is 2. The smallest absolute Gasteiger partial charge is 0.325 e. The molecule has 0 aliphatic carbocycles. The van der Waals surface area contributed by atoms with Crippen LogP contribution in [0.4, 0.5) is 8.78 Å². The van der Waals surface area contributed by atoms with Gasteiger partial charge in [0.25, 0.3) is 0 Å². The van der Waals surface area contributed by atoms with Gasteiger partial charge in [0.15, 0.2) is 11.6 Å². The summed E-state index contributed by atoms with van der Waals surface area (Å²) in [6.45, 7) is 1.26. The molecule has 1 saturated heterocycles. The minimum atomic E-state index is -0.889. The van der Waals surface area contributed by atoms with Gasteiger partial charge in [-0.05, 0) is 6.07 Å². The van der Waals surface area contributed by atoms with Crippen molar-refractivity contribution in [2.24, 2.45) is 0 Å².